The smallest absolute Gasteiger partial charge is 0.255 e. The van der Waals surface area contributed by atoms with E-state index in [-0.39, 0.29) is 24.0 Å². The van der Waals surface area contributed by atoms with Crippen LogP contribution >= 0.6 is 28.3 Å². The number of benzene rings is 1. The zero-order valence-corrected chi connectivity index (χ0v) is 17.8. The molecule has 1 aliphatic heterocycles. The maximum atomic E-state index is 12.5. The number of anilines is 1. The molecule has 8 heteroatoms. The van der Waals surface area contributed by atoms with Crippen LogP contribution in [0.3, 0.4) is 0 Å². The van der Waals surface area contributed by atoms with Gasteiger partial charge in [0, 0.05) is 61.2 Å². The zero-order chi connectivity index (χ0) is 18.8. The van der Waals surface area contributed by atoms with Crippen LogP contribution in [-0.4, -0.2) is 34.2 Å². The Morgan fingerprint density at radius 1 is 1.14 bits per heavy atom. The molecule has 28 heavy (non-hydrogen) atoms. The summed E-state index contributed by atoms with van der Waals surface area (Å²) < 4.78 is 2.68. The van der Waals surface area contributed by atoms with E-state index in [0.717, 1.165) is 29.7 Å². The molecule has 0 radical (unpaired) electrons. The Kier molecular flexibility index (Phi) is 6.49. The van der Waals surface area contributed by atoms with E-state index in [9.17, 15) is 4.79 Å². The Balaban J connectivity index is 0.00000225. The van der Waals surface area contributed by atoms with E-state index in [1.807, 2.05) is 24.3 Å². The van der Waals surface area contributed by atoms with Gasteiger partial charge in [0.2, 0.25) is 5.95 Å². The third-order valence-electron chi connectivity index (χ3n) is 4.82. The molecule has 0 amide bonds. The first kappa shape index (κ1) is 20.5. The molecule has 0 saturated carbocycles. The van der Waals surface area contributed by atoms with Crippen molar-refractivity contribution in [3.8, 4) is 11.3 Å². The van der Waals surface area contributed by atoms with Crippen molar-refractivity contribution in [2.24, 2.45) is 7.05 Å². The van der Waals surface area contributed by atoms with E-state index in [4.69, 9.17) is 4.98 Å². The quantitative estimate of drug-likeness (QED) is 0.648. The fourth-order valence-electron chi connectivity index (χ4n) is 3.33. The average Bonchev–Trinajstić information content (AvgIpc) is 2.71. The number of piperazine rings is 1. The predicted octanol–water partition coefficient (Wildman–Crippen LogP) is 3.18. The van der Waals surface area contributed by atoms with Gasteiger partial charge in [0.15, 0.2) is 0 Å². The lowest BCUT2D eigenvalue weighted by atomic mass is 10.0. The molecule has 2 aromatic heterocycles. The number of aromatic nitrogens is 3. The van der Waals surface area contributed by atoms with Crippen molar-refractivity contribution < 1.29 is 0 Å². The van der Waals surface area contributed by atoms with Crippen LogP contribution in [0.15, 0.2) is 64.1 Å². The highest BCUT2D eigenvalue weighted by Gasteiger charge is 2.24. The Hall–Kier alpha value is -2.22. The van der Waals surface area contributed by atoms with Gasteiger partial charge in [-0.25, -0.2) is 4.98 Å². The van der Waals surface area contributed by atoms with Crippen LogP contribution in [0.5, 0.6) is 0 Å². The minimum Gasteiger partial charge on any atom is -0.339 e. The normalized spacial score (nSPS) is 16.5. The second-order valence-electron chi connectivity index (χ2n) is 6.58. The van der Waals surface area contributed by atoms with Gasteiger partial charge in [0.05, 0.1) is 5.69 Å². The van der Waals surface area contributed by atoms with Crippen LogP contribution in [0.25, 0.3) is 11.3 Å². The highest BCUT2D eigenvalue weighted by Crippen LogP contribution is 2.24. The lowest BCUT2D eigenvalue weighted by molar-refractivity contribution is 0.462. The number of nitrogens with zero attached hydrogens (tertiary/aromatic N) is 4. The van der Waals surface area contributed by atoms with Crippen LogP contribution in [0.4, 0.5) is 5.95 Å². The molecule has 3 aromatic rings. The summed E-state index contributed by atoms with van der Waals surface area (Å²) >= 11 is 3.48. The third-order valence-corrected chi connectivity index (χ3v) is 5.35. The van der Waals surface area contributed by atoms with Crippen molar-refractivity contribution in [3.05, 3.63) is 75.2 Å². The fraction of sp³-hybridized carbons (Fsp3) is 0.250. The van der Waals surface area contributed by atoms with Crippen LogP contribution < -0.4 is 15.8 Å². The van der Waals surface area contributed by atoms with Crippen LogP contribution in [0.1, 0.15) is 11.6 Å². The van der Waals surface area contributed by atoms with E-state index in [1.165, 1.54) is 5.56 Å². The van der Waals surface area contributed by atoms with Crippen LogP contribution in [0, 0.1) is 0 Å². The molecule has 1 aliphatic rings. The van der Waals surface area contributed by atoms with Gasteiger partial charge in [-0.15, -0.1) is 12.4 Å². The summed E-state index contributed by atoms with van der Waals surface area (Å²) in [5.74, 6) is 0.693. The van der Waals surface area contributed by atoms with Crippen molar-refractivity contribution in [2.45, 2.75) is 6.04 Å². The van der Waals surface area contributed by atoms with Gasteiger partial charge in [0.1, 0.15) is 0 Å². The molecule has 3 heterocycles. The summed E-state index contributed by atoms with van der Waals surface area (Å²) in [6.45, 7) is 2.38. The number of hydrogen-bond acceptors (Lipinski definition) is 5. The molecule has 0 aliphatic carbocycles. The molecule has 4 rings (SSSR count). The van der Waals surface area contributed by atoms with Crippen molar-refractivity contribution >= 4 is 34.3 Å². The molecule has 1 fully saturated rings. The van der Waals surface area contributed by atoms with Crippen molar-refractivity contribution in [2.75, 3.05) is 24.5 Å². The maximum Gasteiger partial charge on any atom is 0.255 e. The first-order chi connectivity index (χ1) is 13.1. The summed E-state index contributed by atoms with van der Waals surface area (Å²) in [6, 6.07) is 13.8. The van der Waals surface area contributed by atoms with Gasteiger partial charge in [-0.3, -0.25) is 14.3 Å². The summed E-state index contributed by atoms with van der Waals surface area (Å²) in [4.78, 5) is 23.5. The molecule has 1 atom stereocenters. The predicted molar refractivity (Wildman–Crippen MR) is 117 cm³/mol. The average molecular weight is 463 g/mol. The first-order valence-electron chi connectivity index (χ1n) is 8.84. The molecule has 0 bridgehead atoms. The van der Waals surface area contributed by atoms with Crippen LogP contribution in [0.2, 0.25) is 0 Å². The number of hydrogen-bond donors (Lipinski definition) is 1. The minimum absolute atomic E-state index is 0. The molecule has 1 aromatic carbocycles. The molecule has 0 spiro atoms. The van der Waals surface area contributed by atoms with Crippen LogP contribution in [-0.2, 0) is 7.05 Å². The van der Waals surface area contributed by atoms with Gasteiger partial charge < -0.3 is 10.2 Å². The Labute approximate surface area is 178 Å². The summed E-state index contributed by atoms with van der Waals surface area (Å²) in [5, 5.41) is 3.55. The van der Waals surface area contributed by atoms with Gasteiger partial charge in [-0.05, 0) is 29.8 Å². The molecular weight excluding hydrogens is 442 g/mol. The Bertz CT molecular complexity index is 994. The lowest BCUT2D eigenvalue weighted by Crippen LogP contribution is -2.47. The number of rotatable bonds is 3. The summed E-state index contributed by atoms with van der Waals surface area (Å²) in [5.41, 5.74) is 2.72. The summed E-state index contributed by atoms with van der Waals surface area (Å²) in [6.07, 6.45) is 3.42. The monoisotopic (exact) mass is 461 g/mol. The molecule has 1 N–H and O–H groups in total. The molecule has 1 saturated heterocycles. The Morgan fingerprint density at radius 3 is 2.57 bits per heavy atom. The van der Waals surface area contributed by atoms with E-state index in [1.54, 1.807) is 30.1 Å². The van der Waals surface area contributed by atoms with Crippen molar-refractivity contribution in [1.82, 2.24) is 19.9 Å². The second kappa shape index (κ2) is 8.86. The Morgan fingerprint density at radius 2 is 1.86 bits per heavy atom. The van der Waals surface area contributed by atoms with Gasteiger partial charge in [-0.2, -0.15) is 0 Å². The number of nitrogens with one attached hydrogen (secondary N) is 1. The molecule has 6 nitrogen and oxygen atoms in total. The van der Waals surface area contributed by atoms with Gasteiger partial charge >= 0.3 is 0 Å². The maximum absolute atomic E-state index is 12.5. The zero-order valence-electron chi connectivity index (χ0n) is 15.4. The first-order valence-corrected chi connectivity index (χ1v) is 9.63. The standard InChI is InChI=1S/C20H20BrN5O.ClH/c1-25-19(27)12-17(15-6-8-22-9-7-15)24-20(25)26-11-10-23-18(13-26)14-2-4-16(21)5-3-14;/h2-9,12,18,23H,10-11,13H2,1H3;1H. The molecular formula is C20H21BrClN5O. The van der Waals surface area contributed by atoms with Crippen molar-refractivity contribution in [1.29, 1.82) is 0 Å². The van der Waals surface area contributed by atoms with E-state index in [2.05, 4.69) is 43.3 Å². The minimum atomic E-state index is -0.0643. The second-order valence-corrected chi connectivity index (χ2v) is 7.49. The summed E-state index contributed by atoms with van der Waals surface area (Å²) in [7, 11) is 1.78. The largest absolute Gasteiger partial charge is 0.339 e. The van der Waals surface area contributed by atoms with E-state index in [0.29, 0.717) is 11.6 Å². The number of pyridine rings is 1. The van der Waals surface area contributed by atoms with Crippen molar-refractivity contribution in [3.63, 3.8) is 0 Å². The van der Waals surface area contributed by atoms with Gasteiger partial charge in [0.25, 0.3) is 5.56 Å². The van der Waals surface area contributed by atoms with E-state index >= 15 is 0 Å². The third kappa shape index (κ3) is 4.27. The molecule has 1 unspecified atom stereocenters. The lowest BCUT2D eigenvalue weighted by Gasteiger charge is -2.35. The van der Waals surface area contributed by atoms with E-state index < -0.39 is 0 Å². The topological polar surface area (TPSA) is 63.1 Å². The SMILES string of the molecule is Cl.Cn1c(N2CCNC(c3ccc(Br)cc3)C2)nc(-c2ccncc2)cc1=O. The molecule has 146 valence electrons. The number of halogens is 2. The van der Waals surface area contributed by atoms with Gasteiger partial charge in [-0.1, -0.05) is 28.1 Å². The fourth-order valence-corrected chi connectivity index (χ4v) is 3.60. The highest BCUT2D eigenvalue weighted by molar-refractivity contribution is 9.10. The highest BCUT2D eigenvalue weighted by atomic mass is 79.9.